The second-order valence-corrected chi connectivity index (χ2v) is 10.1. The molecule has 2 fully saturated rings. The van der Waals surface area contributed by atoms with Gasteiger partial charge < -0.3 is 4.90 Å². The van der Waals surface area contributed by atoms with E-state index in [-0.39, 0.29) is 29.6 Å². The van der Waals surface area contributed by atoms with Crippen LogP contribution in [-0.2, 0) is 14.8 Å². The zero-order chi connectivity index (χ0) is 21.3. The fourth-order valence-corrected chi connectivity index (χ4v) is 5.38. The van der Waals surface area contributed by atoms with E-state index < -0.39 is 10.0 Å². The summed E-state index contributed by atoms with van der Waals surface area (Å²) >= 11 is 0. The minimum Gasteiger partial charge on any atom is -0.342 e. The first-order valence-electron chi connectivity index (χ1n) is 10.4. The molecule has 160 valence electrons. The minimum absolute atomic E-state index is 0.0577. The van der Waals surface area contributed by atoms with Crippen LogP contribution in [0.3, 0.4) is 0 Å². The van der Waals surface area contributed by atoms with Gasteiger partial charge in [-0.25, -0.2) is 17.5 Å². The number of hydrogen-bond donors (Lipinski definition) is 1. The Kier molecular flexibility index (Phi) is 5.93. The topological polar surface area (TPSA) is 66.5 Å². The fraction of sp³-hybridized carbons (Fsp3) is 0.435. The number of carbonyl (C=O) groups is 1. The van der Waals surface area contributed by atoms with Gasteiger partial charge in [0.2, 0.25) is 15.9 Å². The Morgan fingerprint density at radius 1 is 1.07 bits per heavy atom. The number of sulfonamides is 1. The van der Waals surface area contributed by atoms with E-state index in [1.54, 1.807) is 6.07 Å². The third-order valence-electron chi connectivity index (χ3n) is 6.04. The summed E-state index contributed by atoms with van der Waals surface area (Å²) in [6.45, 7) is 1.14. The van der Waals surface area contributed by atoms with Crippen molar-refractivity contribution >= 4 is 15.9 Å². The Morgan fingerprint density at radius 2 is 1.83 bits per heavy atom. The highest BCUT2D eigenvalue weighted by atomic mass is 32.2. The van der Waals surface area contributed by atoms with Gasteiger partial charge in [0, 0.05) is 25.0 Å². The number of rotatable bonds is 5. The van der Waals surface area contributed by atoms with Crippen LogP contribution in [0, 0.1) is 11.7 Å². The molecule has 1 saturated carbocycles. The van der Waals surface area contributed by atoms with E-state index in [1.165, 1.54) is 6.07 Å². The summed E-state index contributed by atoms with van der Waals surface area (Å²) in [5.41, 5.74) is 2.44. The number of amides is 1. The third-order valence-corrected chi connectivity index (χ3v) is 6.80. The lowest BCUT2D eigenvalue weighted by Gasteiger charge is -2.21. The maximum Gasteiger partial charge on any atom is 0.226 e. The second-order valence-electron chi connectivity index (χ2n) is 8.36. The Hall–Kier alpha value is -2.25. The lowest BCUT2D eigenvalue weighted by atomic mass is 9.95. The van der Waals surface area contributed by atoms with Crippen molar-refractivity contribution in [3.05, 3.63) is 59.9 Å². The normalized spacial score (nSPS) is 24.3. The number of hydrogen-bond acceptors (Lipinski definition) is 3. The van der Waals surface area contributed by atoms with Gasteiger partial charge in [-0.1, -0.05) is 42.5 Å². The molecule has 5 nitrogen and oxygen atoms in total. The standard InChI is InChI=1S/C23H27FN2O3S/c1-30(28,29)25-17-9-6-13-26(14-12-17)23(27)20-15-19(20)22-18(10-5-11-21(22)24)16-7-3-2-4-8-16/h2-5,7-8,10-11,17,19-20,25H,6,9,12-15H2,1H3/t17-,19+,20+/m0/s1. The highest BCUT2D eigenvalue weighted by Gasteiger charge is 2.48. The maximum absolute atomic E-state index is 14.8. The van der Waals surface area contributed by atoms with Crippen molar-refractivity contribution < 1.29 is 17.6 Å². The zero-order valence-corrected chi connectivity index (χ0v) is 17.9. The van der Waals surface area contributed by atoms with Crippen LogP contribution in [0.5, 0.6) is 0 Å². The first-order chi connectivity index (χ1) is 14.3. The van der Waals surface area contributed by atoms with E-state index in [9.17, 15) is 17.6 Å². The highest BCUT2D eigenvalue weighted by molar-refractivity contribution is 7.88. The smallest absolute Gasteiger partial charge is 0.226 e. The van der Waals surface area contributed by atoms with E-state index in [0.29, 0.717) is 31.5 Å². The van der Waals surface area contributed by atoms with Crippen molar-refractivity contribution in [3.8, 4) is 11.1 Å². The van der Waals surface area contributed by atoms with Crippen LogP contribution in [0.4, 0.5) is 4.39 Å². The van der Waals surface area contributed by atoms with Crippen molar-refractivity contribution in [2.45, 2.75) is 37.6 Å². The lowest BCUT2D eigenvalue weighted by molar-refractivity contribution is -0.132. The summed E-state index contributed by atoms with van der Waals surface area (Å²) < 4.78 is 40.4. The van der Waals surface area contributed by atoms with Crippen molar-refractivity contribution in [1.29, 1.82) is 0 Å². The van der Waals surface area contributed by atoms with Crippen molar-refractivity contribution in [2.75, 3.05) is 19.3 Å². The van der Waals surface area contributed by atoms with E-state index in [1.807, 2.05) is 41.3 Å². The number of carbonyl (C=O) groups excluding carboxylic acids is 1. The molecule has 2 aromatic carbocycles. The van der Waals surface area contributed by atoms with Gasteiger partial charge in [0.1, 0.15) is 5.82 Å². The molecule has 1 aliphatic carbocycles. The van der Waals surface area contributed by atoms with Crippen LogP contribution in [0.25, 0.3) is 11.1 Å². The minimum atomic E-state index is -3.26. The lowest BCUT2D eigenvalue weighted by Crippen LogP contribution is -2.36. The van der Waals surface area contributed by atoms with Gasteiger partial charge in [0.05, 0.1) is 6.26 Å². The summed E-state index contributed by atoms with van der Waals surface area (Å²) in [4.78, 5) is 14.9. The van der Waals surface area contributed by atoms with Gasteiger partial charge in [-0.2, -0.15) is 0 Å². The number of likely N-dealkylation sites (tertiary alicyclic amines) is 1. The highest BCUT2D eigenvalue weighted by Crippen LogP contribution is 2.52. The molecule has 1 saturated heterocycles. The molecule has 0 radical (unpaired) electrons. The molecule has 30 heavy (non-hydrogen) atoms. The van der Waals surface area contributed by atoms with Gasteiger partial charge in [0.25, 0.3) is 0 Å². The van der Waals surface area contributed by atoms with Crippen LogP contribution in [0.2, 0.25) is 0 Å². The fourth-order valence-electron chi connectivity index (χ4n) is 4.54. The molecular formula is C23H27FN2O3S. The molecule has 0 bridgehead atoms. The van der Waals surface area contributed by atoms with Gasteiger partial charge in [0.15, 0.2) is 0 Å². The SMILES string of the molecule is CS(=O)(=O)N[C@H]1CCCN(C(=O)[C@@H]2C[C@H]2c2c(F)cccc2-c2ccccc2)CC1. The average Bonchev–Trinajstić information content (AvgIpc) is 3.51. The van der Waals surface area contributed by atoms with Gasteiger partial charge in [-0.3, -0.25) is 4.79 Å². The molecule has 0 unspecified atom stereocenters. The van der Waals surface area contributed by atoms with Crippen LogP contribution < -0.4 is 4.72 Å². The quantitative estimate of drug-likeness (QED) is 0.789. The van der Waals surface area contributed by atoms with Crippen molar-refractivity contribution in [3.63, 3.8) is 0 Å². The third kappa shape index (κ3) is 4.73. The number of halogens is 1. The Morgan fingerprint density at radius 3 is 2.57 bits per heavy atom. The number of nitrogens with one attached hydrogen (secondary N) is 1. The Bertz CT molecular complexity index is 1030. The predicted octanol–water partition coefficient (Wildman–Crippen LogP) is 3.53. The summed E-state index contributed by atoms with van der Waals surface area (Å²) in [7, 11) is -3.26. The number of nitrogens with zero attached hydrogens (tertiary/aromatic N) is 1. The molecule has 0 spiro atoms. The molecular weight excluding hydrogens is 403 g/mol. The van der Waals surface area contributed by atoms with Crippen molar-refractivity contribution in [1.82, 2.24) is 9.62 Å². The molecule has 4 rings (SSSR count). The molecule has 2 aromatic rings. The summed E-state index contributed by atoms with van der Waals surface area (Å²) in [6, 6.07) is 14.7. The van der Waals surface area contributed by atoms with E-state index in [4.69, 9.17) is 0 Å². The molecule has 1 heterocycles. The average molecular weight is 431 g/mol. The maximum atomic E-state index is 14.8. The largest absolute Gasteiger partial charge is 0.342 e. The number of benzene rings is 2. The van der Waals surface area contributed by atoms with Crippen LogP contribution >= 0.6 is 0 Å². The second kappa shape index (κ2) is 8.47. The first kappa shape index (κ1) is 21.0. The molecule has 1 aliphatic heterocycles. The molecule has 2 aliphatic rings. The Labute approximate surface area is 177 Å². The van der Waals surface area contributed by atoms with E-state index >= 15 is 0 Å². The van der Waals surface area contributed by atoms with Gasteiger partial charge in [-0.05, 0) is 54.4 Å². The van der Waals surface area contributed by atoms with E-state index in [0.717, 1.165) is 30.2 Å². The van der Waals surface area contributed by atoms with Crippen molar-refractivity contribution in [2.24, 2.45) is 5.92 Å². The zero-order valence-electron chi connectivity index (χ0n) is 17.1. The first-order valence-corrected chi connectivity index (χ1v) is 12.3. The molecule has 1 N–H and O–H groups in total. The molecule has 1 amide bonds. The van der Waals surface area contributed by atoms with Gasteiger partial charge in [-0.15, -0.1) is 0 Å². The summed E-state index contributed by atoms with van der Waals surface area (Å²) in [5.74, 6) is -0.516. The summed E-state index contributed by atoms with van der Waals surface area (Å²) in [6.07, 6.45) is 3.89. The molecule has 0 aromatic heterocycles. The van der Waals surface area contributed by atoms with Crippen LogP contribution in [-0.4, -0.2) is 44.6 Å². The monoisotopic (exact) mass is 430 g/mol. The van der Waals surface area contributed by atoms with Crippen LogP contribution in [0.15, 0.2) is 48.5 Å². The predicted molar refractivity (Wildman–Crippen MR) is 115 cm³/mol. The molecule has 3 atom stereocenters. The van der Waals surface area contributed by atoms with Crippen LogP contribution in [0.1, 0.15) is 37.2 Å². The Balaban J connectivity index is 1.47. The van der Waals surface area contributed by atoms with E-state index in [2.05, 4.69) is 4.72 Å². The van der Waals surface area contributed by atoms with Gasteiger partial charge >= 0.3 is 0 Å². The molecule has 7 heteroatoms. The summed E-state index contributed by atoms with van der Waals surface area (Å²) in [5, 5.41) is 0.